The predicted molar refractivity (Wildman–Crippen MR) is 98.8 cm³/mol. The first kappa shape index (κ1) is 17.0. The van der Waals surface area contributed by atoms with Gasteiger partial charge in [0, 0.05) is 0 Å². The first-order valence-electron chi connectivity index (χ1n) is 7.00. The summed E-state index contributed by atoms with van der Waals surface area (Å²) < 4.78 is 0.261. The fourth-order valence-corrected chi connectivity index (χ4v) is 3.55. The van der Waals surface area contributed by atoms with Gasteiger partial charge in [0.2, 0.25) is 0 Å². The molecule has 0 aromatic heterocycles. The van der Waals surface area contributed by atoms with Crippen molar-refractivity contribution < 1.29 is 24.9 Å². The summed E-state index contributed by atoms with van der Waals surface area (Å²) in [6, 6.07) is 10.2. The molecule has 0 aliphatic carbocycles. The Bertz CT molecular complexity index is 921. The second-order valence-electron chi connectivity index (χ2n) is 5.12. The molecule has 126 valence electrons. The van der Waals surface area contributed by atoms with Crippen LogP contribution >= 0.6 is 24.0 Å². The number of aromatic carboxylic acids is 1. The maximum atomic E-state index is 12.6. The van der Waals surface area contributed by atoms with Crippen LogP contribution in [0.2, 0.25) is 0 Å². The number of carbonyl (C=O) groups is 2. The van der Waals surface area contributed by atoms with Crippen LogP contribution < -0.4 is 4.90 Å². The van der Waals surface area contributed by atoms with E-state index >= 15 is 0 Å². The number of thiocarbonyl (C=S) groups is 1. The van der Waals surface area contributed by atoms with Crippen LogP contribution in [0.15, 0.2) is 47.4 Å². The van der Waals surface area contributed by atoms with Crippen molar-refractivity contribution in [1.29, 1.82) is 0 Å². The van der Waals surface area contributed by atoms with E-state index in [0.717, 1.165) is 17.3 Å². The van der Waals surface area contributed by atoms with Crippen LogP contribution in [0.5, 0.6) is 11.5 Å². The average molecular weight is 373 g/mol. The zero-order valence-corrected chi connectivity index (χ0v) is 14.2. The Kier molecular flexibility index (Phi) is 4.47. The topological polar surface area (TPSA) is 98.1 Å². The number of carbonyl (C=O) groups excluding carboxylic acids is 1. The summed E-state index contributed by atoms with van der Waals surface area (Å²) in [5, 5.41) is 28.0. The van der Waals surface area contributed by atoms with Crippen molar-refractivity contribution >= 4 is 51.9 Å². The molecule has 1 heterocycles. The number of phenolic OH excluding ortho intramolecular Hbond substituents is 1. The highest BCUT2D eigenvalue weighted by molar-refractivity contribution is 8.27. The van der Waals surface area contributed by atoms with Gasteiger partial charge in [-0.25, -0.2) is 4.79 Å². The Morgan fingerprint density at radius 2 is 1.80 bits per heavy atom. The second kappa shape index (κ2) is 6.58. The third-order valence-electron chi connectivity index (χ3n) is 3.45. The van der Waals surface area contributed by atoms with Crippen molar-refractivity contribution in [3.8, 4) is 11.5 Å². The Hall–Kier alpha value is -2.84. The van der Waals surface area contributed by atoms with E-state index in [4.69, 9.17) is 17.3 Å². The van der Waals surface area contributed by atoms with E-state index < -0.39 is 5.97 Å². The Balaban J connectivity index is 1.95. The lowest BCUT2D eigenvalue weighted by Gasteiger charge is -2.15. The summed E-state index contributed by atoms with van der Waals surface area (Å²) >= 11 is 6.32. The average Bonchev–Trinajstić information content (AvgIpc) is 2.84. The summed E-state index contributed by atoms with van der Waals surface area (Å²) in [5.41, 5.74) is 0.677. The van der Waals surface area contributed by atoms with E-state index in [1.54, 1.807) is 18.2 Å². The van der Waals surface area contributed by atoms with Crippen LogP contribution in [0.1, 0.15) is 15.9 Å². The largest absolute Gasteiger partial charge is 0.508 e. The van der Waals surface area contributed by atoms with Crippen molar-refractivity contribution in [3.63, 3.8) is 0 Å². The molecule has 6 nitrogen and oxygen atoms in total. The zero-order chi connectivity index (χ0) is 18.1. The van der Waals surface area contributed by atoms with Crippen molar-refractivity contribution in [2.75, 3.05) is 4.90 Å². The summed E-state index contributed by atoms with van der Waals surface area (Å²) in [6.07, 6.45) is 1.64. The minimum Gasteiger partial charge on any atom is -0.508 e. The number of phenols is 2. The molecular weight excluding hydrogens is 362 g/mol. The van der Waals surface area contributed by atoms with Gasteiger partial charge in [-0.2, -0.15) is 0 Å². The molecule has 3 rings (SSSR count). The van der Waals surface area contributed by atoms with Crippen LogP contribution in [0.25, 0.3) is 6.08 Å². The van der Waals surface area contributed by atoms with Gasteiger partial charge in [0.25, 0.3) is 5.91 Å². The fourth-order valence-electron chi connectivity index (χ4n) is 2.25. The molecule has 3 N–H and O–H groups in total. The number of aromatic hydroxyl groups is 2. The van der Waals surface area contributed by atoms with Gasteiger partial charge in [0.05, 0.1) is 10.6 Å². The molecule has 1 aliphatic heterocycles. The summed E-state index contributed by atoms with van der Waals surface area (Å²) in [7, 11) is 0. The maximum Gasteiger partial charge on any atom is 0.339 e. The maximum absolute atomic E-state index is 12.6. The molecule has 1 aliphatic rings. The highest BCUT2D eigenvalue weighted by Gasteiger charge is 2.33. The lowest BCUT2D eigenvalue weighted by Crippen LogP contribution is -2.27. The van der Waals surface area contributed by atoms with Crippen LogP contribution in [0.3, 0.4) is 0 Å². The molecule has 0 unspecified atom stereocenters. The highest BCUT2D eigenvalue weighted by atomic mass is 32.2. The first-order chi connectivity index (χ1) is 11.9. The van der Waals surface area contributed by atoms with Crippen LogP contribution in [-0.4, -0.2) is 31.5 Å². The van der Waals surface area contributed by atoms with Crippen molar-refractivity contribution in [2.24, 2.45) is 0 Å². The van der Waals surface area contributed by atoms with Gasteiger partial charge < -0.3 is 15.3 Å². The van der Waals surface area contributed by atoms with E-state index in [0.29, 0.717) is 4.91 Å². The fraction of sp³-hybridized carbons (Fsp3) is 0. The lowest BCUT2D eigenvalue weighted by atomic mass is 10.1. The van der Waals surface area contributed by atoms with Crippen molar-refractivity contribution in [3.05, 3.63) is 58.5 Å². The highest BCUT2D eigenvalue weighted by Crippen LogP contribution is 2.37. The molecule has 0 spiro atoms. The molecule has 1 amide bonds. The third kappa shape index (κ3) is 3.35. The first-order valence-corrected chi connectivity index (χ1v) is 8.22. The number of thioether (sulfide) groups is 1. The van der Waals surface area contributed by atoms with E-state index in [9.17, 15) is 19.8 Å². The number of hydrogen-bond donors (Lipinski definition) is 3. The minimum absolute atomic E-state index is 0.120. The summed E-state index contributed by atoms with van der Waals surface area (Å²) in [6.45, 7) is 0. The lowest BCUT2D eigenvalue weighted by molar-refractivity contribution is -0.113. The van der Waals surface area contributed by atoms with Gasteiger partial charge in [-0.1, -0.05) is 36.1 Å². The van der Waals surface area contributed by atoms with Gasteiger partial charge in [0.1, 0.15) is 17.1 Å². The molecule has 0 bridgehead atoms. The molecule has 2 aromatic rings. The number of benzene rings is 2. The number of nitrogens with zero attached hydrogens (tertiary/aromatic N) is 1. The molecule has 25 heavy (non-hydrogen) atoms. The Morgan fingerprint density at radius 1 is 1.12 bits per heavy atom. The standard InChI is InChI=1S/C17H11NO5S2/c19-11-4-1-9(2-5-11)7-14-15(21)18(17(24)25-14)10-3-6-13(20)12(8-10)16(22)23/h1-8,19-20H,(H,22,23)/b14-7+. The SMILES string of the molecule is O=C(O)c1cc(N2C(=O)/C(=C\c3ccc(O)cc3)SC2=S)ccc1O. The molecule has 0 atom stereocenters. The summed E-state index contributed by atoms with van der Waals surface area (Å²) in [5.74, 6) is -1.95. The quantitative estimate of drug-likeness (QED) is 0.561. The van der Waals surface area contributed by atoms with E-state index in [-0.39, 0.29) is 33.0 Å². The van der Waals surface area contributed by atoms with Gasteiger partial charge in [-0.3, -0.25) is 9.69 Å². The smallest absolute Gasteiger partial charge is 0.339 e. The van der Waals surface area contributed by atoms with Crippen molar-refractivity contribution in [2.45, 2.75) is 0 Å². The molecular formula is C17H11NO5S2. The molecule has 0 radical (unpaired) electrons. The minimum atomic E-state index is -1.30. The molecule has 1 fully saturated rings. The Morgan fingerprint density at radius 3 is 2.44 bits per heavy atom. The van der Waals surface area contributed by atoms with Gasteiger partial charge >= 0.3 is 5.97 Å². The number of carboxylic acid groups (broad SMARTS) is 1. The van der Waals surface area contributed by atoms with Gasteiger partial charge in [0.15, 0.2) is 4.32 Å². The number of anilines is 1. The predicted octanol–water partition coefficient (Wildman–Crippen LogP) is 3.20. The number of amides is 1. The van der Waals surface area contributed by atoms with E-state index in [2.05, 4.69) is 0 Å². The number of carboxylic acids is 1. The van der Waals surface area contributed by atoms with Crippen molar-refractivity contribution in [1.82, 2.24) is 0 Å². The van der Waals surface area contributed by atoms with Gasteiger partial charge in [-0.15, -0.1) is 0 Å². The number of rotatable bonds is 3. The van der Waals surface area contributed by atoms with Crippen LogP contribution in [-0.2, 0) is 4.79 Å². The molecule has 1 saturated heterocycles. The van der Waals surface area contributed by atoms with E-state index in [1.807, 2.05) is 0 Å². The summed E-state index contributed by atoms with van der Waals surface area (Å²) in [4.78, 5) is 25.4. The molecule has 2 aromatic carbocycles. The van der Waals surface area contributed by atoms with E-state index in [1.165, 1.54) is 35.2 Å². The van der Waals surface area contributed by atoms with Crippen LogP contribution in [0, 0.1) is 0 Å². The Labute approximate surface area is 152 Å². The molecule has 0 saturated carbocycles. The zero-order valence-electron chi connectivity index (χ0n) is 12.5. The van der Waals surface area contributed by atoms with Gasteiger partial charge in [-0.05, 0) is 42.0 Å². The number of hydrogen-bond acceptors (Lipinski definition) is 6. The van der Waals surface area contributed by atoms with Crippen LogP contribution in [0.4, 0.5) is 5.69 Å². The second-order valence-corrected chi connectivity index (χ2v) is 6.79. The third-order valence-corrected chi connectivity index (χ3v) is 4.76. The molecule has 8 heteroatoms. The normalized spacial score (nSPS) is 15.8. The monoisotopic (exact) mass is 373 g/mol.